The van der Waals surface area contributed by atoms with Gasteiger partial charge in [0.25, 0.3) is 0 Å². The van der Waals surface area contributed by atoms with Crippen LogP contribution in [0.4, 0.5) is 4.79 Å². The maximum atomic E-state index is 11.6. The highest BCUT2D eigenvalue weighted by molar-refractivity contribution is 5.67. The Bertz CT molecular complexity index is 481. The Kier molecular flexibility index (Phi) is 5.33. The van der Waals surface area contributed by atoms with Gasteiger partial charge in [0.2, 0.25) is 5.88 Å². The average molecular weight is 281 g/mol. The maximum absolute atomic E-state index is 11.6. The van der Waals surface area contributed by atoms with Crippen molar-refractivity contribution in [1.82, 2.24) is 10.3 Å². The lowest BCUT2D eigenvalue weighted by molar-refractivity contribution is 0.0522. The maximum Gasteiger partial charge on any atom is 0.407 e. The van der Waals surface area contributed by atoms with Crippen LogP contribution < -0.4 is 15.8 Å². The molecule has 3 N–H and O–H groups in total. The van der Waals surface area contributed by atoms with Gasteiger partial charge in [0.15, 0.2) is 0 Å². The lowest BCUT2D eigenvalue weighted by Gasteiger charge is -2.19. The summed E-state index contributed by atoms with van der Waals surface area (Å²) in [5.41, 5.74) is 7.69. The number of aromatic nitrogens is 1. The summed E-state index contributed by atoms with van der Waals surface area (Å²) in [6, 6.07) is 1.88. The van der Waals surface area contributed by atoms with Crippen LogP contribution in [0.1, 0.15) is 37.6 Å². The lowest BCUT2D eigenvalue weighted by atomic mass is 10.1. The second-order valence-electron chi connectivity index (χ2n) is 5.48. The van der Waals surface area contributed by atoms with E-state index in [0.29, 0.717) is 18.1 Å². The van der Waals surface area contributed by atoms with Crippen LogP contribution >= 0.6 is 0 Å². The van der Waals surface area contributed by atoms with E-state index in [2.05, 4.69) is 10.3 Å². The number of nitrogens with zero attached hydrogens (tertiary/aromatic N) is 1. The molecule has 6 heteroatoms. The van der Waals surface area contributed by atoms with Crippen molar-refractivity contribution in [1.29, 1.82) is 0 Å². The topological polar surface area (TPSA) is 86.5 Å². The summed E-state index contributed by atoms with van der Waals surface area (Å²) >= 11 is 0. The van der Waals surface area contributed by atoms with Gasteiger partial charge in [-0.2, -0.15) is 0 Å². The van der Waals surface area contributed by atoms with Crippen LogP contribution in [-0.4, -0.2) is 23.8 Å². The zero-order valence-corrected chi connectivity index (χ0v) is 12.7. The van der Waals surface area contributed by atoms with E-state index in [1.54, 1.807) is 7.11 Å². The van der Waals surface area contributed by atoms with Gasteiger partial charge in [-0.25, -0.2) is 9.78 Å². The summed E-state index contributed by atoms with van der Waals surface area (Å²) in [7, 11) is 1.55. The van der Waals surface area contributed by atoms with Crippen molar-refractivity contribution in [2.75, 3.05) is 7.11 Å². The number of aryl methyl sites for hydroxylation is 1. The third-order valence-electron chi connectivity index (χ3n) is 2.57. The van der Waals surface area contributed by atoms with Crippen LogP contribution in [0.5, 0.6) is 5.88 Å². The van der Waals surface area contributed by atoms with Crippen molar-refractivity contribution >= 4 is 6.09 Å². The Hall–Kier alpha value is -1.82. The van der Waals surface area contributed by atoms with Gasteiger partial charge in [0, 0.05) is 12.1 Å². The Balaban J connectivity index is 2.74. The summed E-state index contributed by atoms with van der Waals surface area (Å²) in [6.07, 6.45) is -0.473. The van der Waals surface area contributed by atoms with Crippen LogP contribution in [0.2, 0.25) is 0 Å². The molecule has 0 fully saturated rings. The molecule has 0 aliphatic carbocycles. The minimum Gasteiger partial charge on any atom is -0.481 e. The van der Waals surface area contributed by atoms with Gasteiger partial charge in [0.05, 0.1) is 19.3 Å². The minimum absolute atomic E-state index is 0.275. The summed E-state index contributed by atoms with van der Waals surface area (Å²) in [4.78, 5) is 15.9. The molecule has 0 bridgehead atoms. The molecule has 0 saturated carbocycles. The first kappa shape index (κ1) is 16.2. The fourth-order valence-corrected chi connectivity index (χ4v) is 1.72. The van der Waals surface area contributed by atoms with Crippen LogP contribution in [-0.2, 0) is 17.8 Å². The molecule has 0 radical (unpaired) electrons. The van der Waals surface area contributed by atoms with E-state index >= 15 is 0 Å². The van der Waals surface area contributed by atoms with Crippen molar-refractivity contribution in [3.63, 3.8) is 0 Å². The largest absolute Gasteiger partial charge is 0.481 e. The van der Waals surface area contributed by atoms with Crippen LogP contribution in [0.3, 0.4) is 0 Å². The normalized spacial score (nSPS) is 11.1. The quantitative estimate of drug-likeness (QED) is 0.880. The average Bonchev–Trinajstić information content (AvgIpc) is 2.33. The standard InChI is InChI=1S/C14H23N3O3/c1-9-6-10(17-12(19-5)11(9)7-15)8-16-13(18)20-14(2,3)4/h6H,7-8,15H2,1-5H3,(H,16,18). The van der Waals surface area contributed by atoms with E-state index in [1.807, 2.05) is 33.8 Å². The fourth-order valence-electron chi connectivity index (χ4n) is 1.72. The highest BCUT2D eigenvalue weighted by Crippen LogP contribution is 2.20. The summed E-state index contributed by atoms with van der Waals surface area (Å²) in [5.74, 6) is 0.494. The first-order valence-electron chi connectivity index (χ1n) is 6.47. The van der Waals surface area contributed by atoms with E-state index in [-0.39, 0.29) is 6.54 Å². The number of amides is 1. The third-order valence-corrected chi connectivity index (χ3v) is 2.57. The Morgan fingerprint density at radius 1 is 1.45 bits per heavy atom. The number of alkyl carbamates (subject to hydrolysis) is 1. The number of nitrogens with one attached hydrogen (secondary N) is 1. The molecule has 1 aromatic rings. The summed E-state index contributed by atoms with van der Waals surface area (Å²) in [6.45, 7) is 8.01. The molecule has 112 valence electrons. The predicted molar refractivity (Wildman–Crippen MR) is 76.5 cm³/mol. The van der Waals surface area contributed by atoms with Crippen LogP contribution in [0, 0.1) is 6.92 Å². The number of methoxy groups -OCH3 is 1. The predicted octanol–water partition coefficient (Wildman–Crippen LogP) is 1.88. The molecule has 0 saturated heterocycles. The van der Waals surface area contributed by atoms with E-state index < -0.39 is 11.7 Å². The molecule has 1 rings (SSSR count). The number of hydrogen-bond acceptors (Lipinski definition) is 5. The number of pyridine rings is 1. The van der Waals surface area contributed by atoms with Gasteiger partial charge < -0.3 is 20.5 Å². The zero-order chi connectivity index (χ0) is 15.3. The molecule has 0 unspecified atom stereocenters. The van der Waals surface area contributed by atoms with Crippen molar-refractivity contribution in [2.45, 2.75) is 46.4 Å². The number of hydrogen-bond donors (Lipinski definition) is 2. The summed E-state index contributed by atoms with van der Waals surface area (Å²) in [5, 5.41) is 2.66. The van der Waals surface area contributed by atoms with Gasteiger partial charge >= 0.3 is 6.09 Å². The molecule has 0 aliphatic rings. The van der Waals surface area contributed by atoms with E-state index in [0.717, 1.165) is 11.1 Å². The Labute approximate surface area is 119 Å². The second-order valence-corrected chi connectivity index (χ2v) is 5.48. The number of ether oxygens (including phenoxy) is 2. The Morgan fingerprint density at radius 2 is 2.10 bits per heavy atom. The van der Waals surface area contributed by atoms with Gasteiger partial charge in [-0.05, 0) is 39.3 Å². The molecular weight excluding hydrogens is 258 g/mol. The minimum atomic E-state index is -0.519. The highest BCUT2D eigenvalue weighted by atomic mass is 16.6. The molecule has 0 spiro atoms. The molecule has 0 atom stereocenters. The number of rotatable bonds is 4. The number of carbonyl (C=O) groups excluding carboxylic acids is 1. The molecule has 0 aromatic carbocycles. The first-order chi connectivity index (χ1) is 9.26. The van der Waals surface area contributed by atoms with Gasteiger partial charge in [-0.1, -0.05) is 0 Å². The molecular formula is C14H23N3O3. The van der Waals surface area contributed by atoms with E-state index in [1.165, 1.54) is 0 Å². The monoisotopic (exact) mass is 281 g/mol. The van der Waals surface area contributed by atoms with E-state index in [4.69, 9.17) is 15.2 Å². The number of carbonyl (C=O) groups is 1. The Morgan fingerprint density at radius 3 is 2.60 bits per heavy atom. The molecule has 1 aromatic heterocycles. The van der Waals surface area contributed by atoms with Gasteiger partial charge in [-0.3, -0.25) is 0 Å². The van der Waals surface area contributed by atoms with E-state index in [9.17, 15) is 4.79 Å². The first-order valence-corrected chi connectivity index (χ1v) is 6.47. The molecule has 0 aliphatic heterocycles. The zero-order valence-electron chi connectivity index (χ0n) is 12.7. The van der Waals surface area contributed by atoms with Crippen molar-refractivity contribution in [3.8, 4) is 5.88 Å². The lowest BCUT2D eigenvalue weighted by Crippen LogP contribution is -2.32. The highest BCUT2D eigenvalue weighted by Gasteiger charge is 2.16. The smallest absolute Gasteiger partial charge is 0.407 e. The molecule has 6 nitrogen and oxygen atoms in total. The molecule has 1 amide bonds. The van der Waals surface area contributed by atoms with Crippen molar-refractivity contribution < 1.29 is 14.3 Å². The van der Waals surface area contributed by atoms with Gasteiger partial charge in [-0.15, -0.1) is 0 Å². The fraction of sp³-hybridized carbons (Fsp3) is 0.571. The molecule has 1 heterocycles. The van der Waals surface area contributed by atoms with Crippen molar-refractivity contribution in [3.05, 3.63) is 22.9 Å². The molecule has 20 heavy (non-hydrogen) atoms. The van der Waals surface area contributed by atoms with Crippen molar-refractivity contribution in [2.24, 2.45) is 5.73 Å². The third kappa shape index (κ3) is 4.70. The van der Waals surface area contributed by atoms with Crippen LogP contribution in [0.15, 0.2) is 6.07 Å². The number of nitrogens with two attached hydrogens (primary N) is 1. The second kappa shape index (κ2) is 6.56. The summed E-state index contributed by atoms with van der Waals surface area (Å²) < 4.78 is 10.4. The SMILES string of the molecule is COc1nc(CNC(=O)OC(C)(C)C)cc(C)c1CN. The van der Waals surface area contributed by atoms with Gasteiger partial charge in [0.1, 0.15) is 5.60 Å². The van der Waals surface area contributed by atoms with Crippen LogP contribution in [0.25, 0.3) is 0 Å².